The Bertz CT molecular complexity index is 354. The van der Waals surface area contributed by atoms with Gasteiger partial charge >= 0.3 is 50.5 Å². The molecule has 0 aromatic carbocycles. The molecule has 0 saturated carbocycles. The second kappa shape index (κ2) is 156. The van der Waals surface area contributed by atoms with Gasteiger partial charge in [0.15, 0.2) is 0 Å². The van der Waals surface area contributed by atoms with Crippen LogP contribution in [0, 0.1) is 7.43 Å². The summed E-state index contributed by atoms with van der Waals surface area (Å²) in [5, 5.41) is 7.42. The smallest absolute Gasteiger partial charge is 0 e. The van der Waals surface area contributed by atoms with Crippen LogP contribution in [-0.2, 0) is 37.5 Å². The van der Waals surface area contributed by atoms with E-state index in [0.717, 1.165) is 26.2 Å². The van der Waals surface area contributed by atoms with Gasteiger partial charge in [0.2, 0.25) is 0 Å². The third-order valence-electron chi connectivity index (χ3n) is 1.97. The van der Waals surface area contributed by atoms with Crippen LogP contribution in [0.4, 0.5) is 0 Å². The maximum atomic E-state index is 9.00. The third kappa shape index (κ3) is 220. The quantitative estimate of drug-likeness (QED) is 0.194. The van der Waals surface area contributed by atoms with Crippen LogP contribution in [0.2, 0.25) is 0 Å². The van der Waals surface area contributed by atoms with Crippen LogP contribution < -0.4 is 13.3 Å². The summed E-state index contributed by atoms with van der Waals surface area (Å²) in [5.41, 5.74) is 0. The van der Waals surface area contributed by atoms with Crippen molar-refractivity contribution in [2.75, 3.05) is 0 Å². The zero-order valence-corrected chi connectivity index (χ0v) is 45.2. The molecule has 41 heavy (non-hydrogen) atoms. The summed E-state index contributed by atoms with van der Waals surface area (Å²) in [6.45, 7) is 29.1. The van der Waals surface area contributed by atoms with Crippen molar-refractivity contribution in [2.45, 2.75) is 123 Å². The van der Waals surface area contributed by atoms with E-state index in [1.807, 2.05) is 96.9 Å². The molecule has 9 heteroatoms. The Morgan fingerprint density at radius 1 is 0.537 bits per heavy atom. The molecule has 0 fully saturated rings. The Kier molecular flexibility index (Phi) is 322. The van der Waals surface area contributed by atoms with Crippen molar-refractivity contribution in [3.05, 3.63) is 80.3 Å². The average Bonchev–Trinajstić information content (AvgIpc) is 3.85. The van der Waals surface area contributed by atoms with E-state index in [9.17, 15) is 0 Å². The van der Waals surface area contributed by atoms with E-state index in [4.69, 9.17) is 9.90 Å². The van der Waals surface area contributed by atoms with Gasteiger partial charge in [-0.15, -0.1) is 24.0 Å². The number of rotatable bonds is 0. The van der Waals surface area contributed by atoms with Crippen LogP contribution >= 0.6 is 98.4 Å². The van der Waals surface area contributed by atoms with Crippen LogP contribution in [0.15, 0.2) is 72.9 Å². The minimum atomic E-state index is -0.833. The molecule has 255 valence electrons. The van der Waals surface area contributed by atoms with E-state index in [1.54, 1.807) is 0 Å². The Hall–Kier alpha value is 3.39. The van der Waals surface area contributed by atoms with Crippen molar-refractivity contribution in [1.82, 2.24) is 0 Å². The fourth-order valence-corrected chi connectivity index (χ4v) is 1.18. The van der Waals surface area contributed by atoms with Crippen molar-refractivity contribution in [2.24, 2.45) is 0 Å². The van der Waals surface area contributed by atoms with Gasteiger partial charge in [0, 0.05) is 76.9 Å². The fraction of sp³-hybridized carbons (Fsp3) is 0.562. The molecule has 3 aliphatic carbocycles. The maximum absolute atomic E-state index is 9.00. The summed E-state index contributed by atoms with van der Waals surface area (Å²) in [6, 6.07) is 0. The van der Waals surface area contributed by atoms with Crippen LogP contribution in [0.3, 0.4) is 0 Å². The summed E-state index contributed by atoms with van der Waals surface area (Å²) in [7, 11) is 0. The van der Waals surface area contributed by atoms with Gasteiger partial charge in [-0.25, -0.2) is 0 Å². The minimum absolute atomic E-state index is 0. The molecule has 0 bridgehead atoms. The fourth-order valence-electron chi connectivity index (χ4n) is 1.18. The van der Waals surface area contributed by atoms with E-state index < -0.39 is 5.97 Å². The van der Waals surface area contributed by atoms with Crippen LogP contribution in [-0.4, -0.2) is 11.1 Å². The molecule has 0 aliphatic heterocycles. The Morgan fingerprint density at radius 2 is 0.610 bits per heavy atom. The first-order valence-corrected chi connectivity index (χ1v) is 32.7. The second-order valence-electron chi connectivity index (χ2n) is 3.85. The molecule has 3 aliphatic rings. The molecule has 0 saturated heterocycles. The van der Waals surface area contributed by atoms with Crippen LogP contribution in [0.25, 0.3) is 0 Å². The standard InChI is InChI=1S/3C5H6.C2H4O2.7C2H6.CH3.I3.I2.HI.Y/c3*1-2-4-5-3-1;1-2(3)4;7*1-2;;1-3-2;1-2;;/h3*1-4H,5H2;1H3,(H,3,4);7*1-2H3;1H3;;;1H;/q;;;;;;;;;;;2*-1;;;. The van der Waals surface area contributed by atoms with Crippen molar-refractivity contribution in [3.63, 3.8) is 0 Å². The predicted octanol–water partition coefficient (Wildman–Crippen LogP) is 13.4. The summed E-state index contributed by atoms with van der Waals surface area (Å²) in [6.07, 6.45) is 28.5. The molecule has 0 aromatic rings. The molecule has 3 rings (SSSR count). The van der Waals surface area contributed by atoms with E-state index >= 15 is 0 Å². The number of carboxylic acid groups (broad SMARTS) is 1. The van der Waals surface area contributed by atoms with Gasteiger partial charge in [-0.2, -0.15) is 0 Å². The SMILES string of the molecule is C1=CCC=C1.C1=CCC=C1.C1=CCC=C1.CC.CC.CC.CC.CC.CC.CC.CC(=O)O.I.II.I[I-]I.[CH3-].[Y]. The second-order valence-corrected chi connectivity index (χ2v) is 20.1. The van der Waals surface area contributed by atoms with Gasteiger partial charge in [0.25, 0.3) is 5.97 Å². The molecule has 1 N–H and O–H groups in total. The van der Waals surface area contributed by atoms with Crippen LogP contribution in [0.5, 0.6) is 0 Å². The molecule has 0 spiro atoms. The van der Waals surface area contributed by atoms with E-state index in [1.165, 1.54) is 0 Å². The van der Waals surface area contributed by atoms with Crippen molar-refractivity contribution in [3.8, 4) is 0 Å². The van der Waals surface area contributed by atoms with Crippen molar-refractivity contribution >= 4 is 104 Å². The van der Waals surface area contributed by atoms with Crippen LogP contribution in [0.1, 0.15) is 123 Å². The number of hydrogen-bond donors (Lipinski definition) is 1. The number of halogens is 6. The summed E-state index contributed by atoms with van der Waals surface area (Å²) < 4.78 is 0. The molecule has 0 atom stereocenters. The number of carboxylic acids is 1. The number of carbonyl (C=O) groups is 1. The predicted molar refractivity (Wildman–Crippen MR) is 239 cm³/mol. The number of aliphatic carboxylic acids is 1. The molecule has 0 heterocycles. The molecule has 0 aromatic heterocycles. The molecule has 1 radical (unpaired) electrons. The van der Waals surface area contributed by atoms with Gasteiger partial charge in [-0.3, -0.25) is 4.79 Å². The Labute approximate surface area is 357 Å². The normalized spacial score (nSPS) is 8.76. The number of hydrogen-bond acceptors (Lipinski definition) is 1. The van der Waals surface area contributed by atoms with Crippen molar-refractivity contribution < 1.29 is 55.9 Å². The topological polar surface area (TPSA) is 37.3 Å². The summed E-state index contributed by atoms with van der Waals surface area (Å²) >= 11 is 9.54. The molecule has 0 unspecified atom stereocenters. The third-order valence-corrected chi connectivity index (χ3v) is 1.97. The summed E-state index contributed by atoms with van der Waals surface area (Å²) in [4.78, 5) is 9.00. The van der Waals surface area contributed by atoms with Gasteiger partial charge in [-0.05, 0) is 19.3 Å². The van der Waals surface area contributed by atoms with E-state index in [2.05, 4.69) is 147 Å². The largest absolute Gasteiger partial charge is 0.358 e. The van der Waals surface area contributed by atoms with E-state index in [-0.39, 0.29) is 64.1 Å². The first kappa shape index (κ1) is 84.8. The monoisotopic (exact) mass is 1330 g/mol. The first-order valence-electron chi connectivity index (χ1n) is 13.8. The van der Waals surface area contributed by atoms with Gasteiger partial charge in [0.05, 0.1) is 0 Å². The minimum Gasteiger partial charge on any atom is -0.358 e. The zero-order valence-electron chi connectivity index (χ0n) is 29.3. The Balaban J connectivity index is -0.0000000192. The first-order chi connectivity index (χ1) is 18.6. The Morgan fingerprint density at radius 3 is 0.634 bits per heavy atom. The molecule has 2 nitrogen and oxygen atoms in total. The maximum Gasteiger partial charge on any atom is 0 e. The molecular weight excluding hydrogens is 1270 g/mol. The average molecular weight is 1340 g/mol. The van der Waals surface area contributed by atoms with E-state index in [0.29, 0.717) is 13.3 Å². The van der Waals surface area contributed by atoms with Gasteiger partial charge in [-0.1, -0.05) is 170 Å². The van der Waals surface area contributed by atoms with Crippen molar-refractivity contribution in [1.29, 1.82) is 0 Å². The molecule has 0 amide bonds. The van der Waals surface area contributed by atoms with Gasteiger partial charge < -0.3 is 12.5 Å². The zero-order chi connectivity index (χ0) is 32.9. The number of allylic oxidation sites excluding steroid dienone is 12. The summed E-state index contributed by atoms with van der Waals surface area (Å²) in [5.74, 6) is -0.833. The molecular formula is C32H68I6O2Y-2. The van der Waals surface area contributed by atoms with Gasteiger partial charge in [0.1, 0.15) is 0 Å².